The van der Waals surface area contributed by atoms with Gasteiger partial charge in [-0.05, 0) is 67.1 Å². The summed E-state index contributed by atoms with van der Waals surface area (Å²) in [5.41, 5.74) is 0.591. The van der Waals surface area contributed by atoms with Gasteiger partial charge in [-0.3, -0.25) is 4.79 Å². The van der Waals surface area contributed by atoms with Gasteiger partial charge in [0.25, 0.3) is 0 Å². The second kappa shape index (κ2) is 3.74. The van der Waals surface area contributed by atoms with Gasteiger partial charge in [-0.25, -0.2) is 0 Å². The van der Waals surface area contributed by atoms with Crippen LogP contribution in [0.25, 0.3) is 0 Å². The molecule has 18 heavy (non-hydrogen) atoms. The molecule has 0 amide bonds. The molecule has 2 heteroatoms. The van der Waals surface area contributed by atoms with Crippen molar-refractivity contribution in [3.05, 3.63) is 0 Å². The Kier molecular flexibility index (Phi) is 2.60. The fraction of sp³-hybridized carbons (Fsp3) is 0.938. The third-order valence-electron chi connectivity index (χ3n) is 6.67. The van der Waals surface area contributed by atoms with Crippen molar-refractivity contribution in [1.82, 2.24) is 0 Å². The summed E-state index contributed by atoms with van der Waals surface area (Å²) in [7, 11) is 0. The molecule has 4 aliphatic rings. The summed E-state index contributed by atoms with van der Waals surface area (Å²) in [5.74, 6) is 1.62. The van der Waals surface area contributed by atoms with Crippen LogP contribution < -0.4 is 0 Å². The summed E-state index contributed by atoms with van der Waals surface area (Å²) in [6.45, 7) is 6.67. The fourth-order valence-electron chi connectivity index (χ4n) is 5.85. The monoisotopic (exact) mass is 250 g/mol. The van der Waals surface area contributed by atoms with E-state index in [0.29, 0.717) is 11.3 Å². The van der Waals surface area contributed by atoms with Crippen LogP contribution in [0, 0.1) is 34.5 Å². The lowest BCUT2D eigenvalue weighted by molar-refractivity contribution is -0.173. The summed E-state index contributed by atoms with van der Waals surface area (Å²) in [6, 6.07) is 0. The van der Waals surface area contributed by atoms with Crippen LogP contribution in [0.5, 0.6) is 0 Å². The highest BCUT2D eigenvalue weighted by molar-refractivity contribution is 5.70. The van der Waals surface area contributed by atoms with Gasteiger partial charge in [0.1, 0.15) is 0 Å². The first kappa shape index (κ1) is 12.5. The normalized spacial score (nSPS) is 47.6. The van der Waals surface area contributed by atoms with Crippen molar-refractivity contribution in [2.75, 3.05) is 0 Å². The molecular weight excluding hydrogens is 224 g/mol. The van der Waals surface area contributed by atoms with Crippen molar-refractivity contribution in [2.24, 2.45) is 34.5 Å². The Hall–Kier alpha value is -0.530. The molecule has 1 N–H and O–H groups in total. The van der Waals surface area contributed by atoms with Gasteiger partial charge in [-0.2, -0.15) is 0 Å². The van der Waals surface area contributed by atoms with Crippen molar-refractivity contribution in [3.63, 3.8) is 0 Å². The minimum atomic E-state index is -0.573. The molecule has 4 rings (SSSR count). The third-order valence-corrected chi connectivity index (χ3v) is 6.67. The van der Waals surface area contributed by atoms with Crippen molar-refractivity contribution in [1.29, 1.82) is 0 Å². The molecule has 3 unspecified atom stereocenters. The van der Waals surface area contributed by atoms with Crippen LogP contribution in [-0.4, -0.2) is 11.1 Å². The summed E-state index contributed by atoms with van der Waals surface area (Å²) in [5, 5.41) is 9.46. The molecule has 4 bridgehead atoms. The van der Waals surface area contributed by atoms with E-state index in [4.69, 9.17) is 0 Å². The minimum Gasteiger partial charge on any atom is -0.481 e. The highest BCUT2D eigenvalue weighted by Crippen LogP contribution is 2.69. The maximum absolute atomic E-state index is 11.5. The number of aliphatic carboxylic acids is 1. The molecule has 3 atom stereocenters. The quantitative estimate of drug-likeness (QED) is 0.823. The van der Waals surface area contributed by atoms with Crippen LogP contribution in [-0.2, 0) is 4.79 Å². The minimum absolute atomic E-state index is 0.125. The van der Waals surface area contributed by atoms with Crippen molar-refractivity contribution < 1.29 is 9.90 Å². The van der Waals surface area contributed by atoms with Gasteiger partial charge in [0.15, 0.2) is 0 Å². The molecule has 0 aromatic heterocycles. The van der Waals surface area contributed by atoms with Gasteiger partial charge < -0.3 is 5.11 Å². The van der Waals surface area contributed by atoms with Crippen LogP contribution in [0.1, 0.15) is 59.3 Å². The zero-order valence-corrected chi connectivity index (χ0v) is 11.9. The predicted octanol–water partition coefficient (Wildman–Crippen LogP) is 3.95. The molecule has 4 aliphatic carbocycles. The largest absolute Gasteiger partial charge is 0.481 e. The molecule has 0 heterocycles. The standard InChI is InChI=1S/C16H26O2/c1-10(2)15-5-12-4-13(6-15)8-16(7-12,9-15)11(3)14(17)18/h10-13H,4-9H2,1-3H3,(H,17,18). The number of rotatable bonds is 3. The summed E-state index contributed by atoms with van der Waals surface area (Å²) in [6.07, 6.45) is 7.67. The van der Waals surface area contributed by atoms with Crippen molar-refractivity contribution in [3.8, 4) is 0 Å². The summed E-state index contributed by atoms with van der Waals surface area (Å²) >= 11 is 0. The number of carboxylic acids is 1. The maximum Gasteiger partial charge on any atom is 0.306 e. The van der Waals surface area contributed by atoms with E-state index in [2.05, 4.69) is 13.8 Å². The Bertz CT molecular complexity index is 357. The van der Waals surface area contributed by atoms with E-state index in [1.165, 1.54) is 38.5 Å². The Labute approximate surface area is 110 Å². The lowest BCUT2D eigenvalue weighted by atomic mass is 9.40. The molecule has 102 valence electrons. The van der Waals surface area contributed by atoms with Gasteiger partial charge in [0.2, 0.25) is 0 Å². The van der Waals surface area contributed by atoms with E-state index < -0.39 is 5.97 Å². The smallest absolute Gasteiger partial charge is 0.306 e. The number of hydrogen-bond donors (Lipinski definition) is 1. The number of carbonyl (C=O) groups is 1. The zero-order valence-electron chi connectivity index (χ0n) is 11.9. The highest BCUT2D eigenvalue weighted by Gasteiger charge is 2.60. The number of hydrogen-bond acceptors (Lipinski definition) is 1. The second-order valence-corrected chi connectivity index (χ2v) is 7.90. The highest BCUT2D eigenvalue weighted by atomic mass is 16.4. The number of carboxylic acid groups (broad SMARTS) is 1. The molecular formula is C16H26O2. The van der Waals surface area contributed by atoms with E-state index in [0.717, 1.165) is 11.8 Å². The Balaban J connectivity index is 1.96. The molecule has 4 fully saturated rings. The average molecular weight is 250 g/mol. The Morgan fingerprint density at radius 3 is 2.00 bits per heavy atom. The second-order valence-electron chi connectivity index (χ2n) is 7.90. The zero-order chi connectivity index (χ0) is 13.1. The van der Waals surface area contributed by atoms with Gasteiger partial charge in [-0.15, -0.1) is 0 Å². The van der Waals surface area contributed by atoms with Crippen LogP contribution >= 0.6 is 0 Å². The van der Waals surface area contributed by atoms with Crippen LogP contribution in [0.4, 0.5) is 0 Å². The lowest BCUT2D eigenvalue weighted by Gasteiger charge is -2.65. The first-order chi connectivity index (χ1) is 8.37. The summed E-state index contributed by atoms with van der Waals surface area (Å²) in [4.78, 5) is 11.5. The first-order valence-corrected chi connectivity index (χ1v) is 7.60. The SMILES string of the molecule is CC(C)C12CC3CC(C1)CC(C(C)C(=O)O)(C3)C2. The molecule has 0 saturated heterocycles. The molecule has 0 aromatic carbocycles. The van der Waals surface area contributed by atoms with Crippen LogP contribution in [0.2, 0.25) is 0 Å². The van der Waals surface area contributed by atoms with Gasteiger partial charge in [0.05, 0.1) is 5.92 Å². The Morgan fingerprint density at radius 1 is 1.06 bits per heavy atom. The van der Waals surface area contributed by atoms with E-state index in [1.807, 2.05) is 6.92 Å². The van der Waals surface area contributed by atoms with E-state index in [1.54, 1.807) is 0 Å². The lowest BCUT2D eigenvalue weighted by Crippen LogP contribution is -2.56. The van der Waals surface area contributed by atoms with Gasteiger partial charge in [0, 0.05) is 0 Å². The first-order valence-electron chi connectivity index (χ1n) is 7.60. The van der Waals surface area contributed by atoms with Crippen molar-refractivity contribution in [2.45, 2.75) is 59.3 Å². The fourth-order valence-corrected chi connectivity index (χ4v) is 5.85. The third kappa shape index (κ3) is 1.57. The molecule has 0 radical (unpaired) electrons. The average Bonchev–Trinajstić information content (AvgIpc) is 2.25. The maximum atomic E-state index is 11.5. The molecule has 0 spiro atoms. The van der Waals surface area contributed by atoms with E-state index >= 15 is 0 Å². The Morgan fingerprint density at radius 2 is 1.56 bits per heavy atom. The summed E-state index contributed by atoms with van der Waals surface area (Å²) < 4.78 is 0. The van der Waals surface area contributed by atoms with Gasteiger partial charge in [-0.1, -0.05) is 20.8 Å². The van der Waals surface area contributed by atoms with Crippen LogP contribution in [0.3, 0.4) is 0 Å². The van der Waals surface area contributed by atoms with Crippen molar-refractivity contribution >= 4 is 5.97 Å². The van der Waals surface area contributed by atoms with Crippen LogP contribution in [0.15, 0.2) is 0 Å². The molecule has 2 nitrogen and oxygen atoms in total. The topological polar surface area (TPSA) is 37.3 Å². The van der Waals surface area contributed by atoms with E-state index in [-0.39, 0.29) is 11.3 Å². The molecule has 4 saturated carbocycles. The van der Waals surface area contributed by atoms with E-state index in [9.17, 15) is 9.90 Å². The molecule has 0 aliphatic heterocycles. The molecule has 0 aromatic rings. The van der Waals surface area contributed by atoms with Gasteiger partial charge >= 0.3 is 5.97 Å². The predicted molar refractivity (Wildman–Crippen MR) is 71.2 cm³/mol.